The lowest BCUT2D eigenvalue weighted by Crippen LogP contribution is -2.09. The largest absolute Gasteiger partial charge is 0.375 e. The highest BCUT2D eigenvalue weighted by atomic mass is 16.6. The van der Waals surface area contributed by atoms with Crippen molar-refractivity contribution in [1.29, 1.82) is 0 Å². The second-order valence-electron chi connectivity index (χ2n) is 4.48. The summed E-state index contributed by atoms with van der Waals surface area (Å²) in [7, 11) is 1.84. The summed E-state index contributed by atoms with van der Waals surface area (Å²) in [5, 5.41) is 18.5. The zero-order chi connectivity index (χ0) is 14.0. The zero-order valence-electron chi connectivity index (χ0n) is 11.1. The minimum atomic E-state index is -0.358. The molecular formula is C13H16N4O2. The number of nitro groups is 1. The van der Waals surface area contributed by atoms with Crippen LogP contribution >= 0.6 is 0 Å². The monoisotopic (exact) mass is 260 g/mol. The lowest BCUT2D eigenvalue weighted by Gasteiger charge is -2.14. The van der Waals surface area contributed by atoms with Gasteiger partial charge in [-0.2, -0.15) is 5.10 Å². The van der Waals surface area contributed by atoms with Crippen molar-refractivity contribution in [3.05, 3.63) is 51.8 Å². The maximum atomic E-state index is 11.0. The first kappa shape index (κ1) is 13.1. The van der Waals surface area contributed by atoms with Gasteiger partial charge in [-0.1, -0.05) is 18.2 Å². The number of hydrogen-bond donors (Lipinski definition) is 1. The van der Waals surface area contributed by atoms with Crippen LogP contribution < -0.4 is 5.32 Å². The third-order valence-corrected chi connectivity index (χ3v) is 2.99. The zero-order valence-corrected chi connectivity index (χ0v) is 11.1. The summed E-state index contributed by atoms with van der Waals surface area (Å²) >= 11 is 0. The van der Waals surface area contributed by atoms with Gasteiger partial charge in [0.15, 0.2) is 0 Å². The molecule has 2 aromatic rings. The van der Waals surface area contributed by atoms with Gasteiger partial charge in [-0.05, 0) is 13.8 Å². The molecule has 6 nitrogen and oxygen atoms in total. The van der Waals surface area contributed by atoms with E-state index >= 15 is 0 Å². The van der Waals surface area contributed by atoms with E-state index in [1.165, 1.54) is 6.07 Å². The Hall–Kier alpha value is -2.37. The molecular weight excluding hydrogens is 244 g/mol. The third-order valence-electron chi connectivity index (χ3n) is 2.99. The Kier molecular flexibility index (Phi) is 3.50. The van der Waals surface area contributed by atoms with Gasteiger partial charge in [0.2, 0.25) is 0 Å². The van der Waals surface area contributed by atoms with Crippen molar-refractivity contribution >= 4 is 11.4 Å². The Bertz CT molecular complexity index is 606. The summed E-state index contributed by atoms with van der Waals surface area (Å²) in [4.78, 5) is 10.7. The highest BCUT2D eigenvalue weighted by molar-refractivity contribution is 5.51. The number of hydrogen-bond acceptors (Lipinski definition) is 4. The van der Waals surface area contributed by atoms with Crippen LogP contribution in [0.3, 0.4) is 0 Å². The number of para-hydroxylation sites is 1. The van der Waals surface area contributed by atoms with Crippen LogP contribution in [0.4, 0.5) is 11.4 Å². The van der Waals surface area contributed by atoms with E-state index in [0.29, 0.717) is 5.56 Å². The molecule has 1 atom stereocenters. The van der Waals surface area contributed by atoms with Gasteiger partial charge in [-0.15, -0.1) is 0 Å². The van der Waals surface area contributed by atoms with E-state index in [4.69, 9.17) is 0 Å². The van der Waals surface area contributed by atoms with E-state index in [0.717, 1.165) is 11.4 Å². The highest BCUT2D eigenvalue weighted by Gasteiger charge is 2.18. The van der Waals surface area contributed by atoms with Gasteiger partial charge in [0.05, 0.1) is 27.9 Å². The van der Waals surface area contributed by atoms with Crippen molar-refractivity contribution < 1.29 is 4.92 Å². The minimum Gasteiger partial charge on any atom is -0.375 e. The Morgan fingerprint density at radius 3 is 2.68 bits per heavy atom. The lowest BCUT2D eigenvalue weighted by atomic mass is 10.1. The molecule has 0 fully saturated rings. The molecule has 0 bridgehead atoms. The number of nitro benzene ring substituents is 1. The molecule has 0 aliphatic rings. The standard InChI is InChI=1S/C13H16N4O2/c1-9(14-12-8-16(3)15-10(12)2)11-6-4-5-7-13(11)17(18)19/h4-9,14H,1-3H3. The molecule has 1 aromatic carbocycles. The number of nitrogens with zero attached hydrogens (tertiary/aromatic N) is 3. The molecule has 0 aliphatic heterocycles. The first-order valence-corrected chi connectivity index (χ1v) is 5.99. The van der Waals surface area contributed by atoms with Crippen molar-refractivity contribution in [1.82, 2.24) is 9.78 Å². The maximum absolute atomic E-state index is 11.0. The summed E-state index contributed by atoms with van der Waals surface area (Å²) in [6, 6.07) is 6.59. The van der Waals surface area contributed by atoms with Gasteiger partial charge in [-0.3, -0.25) is 14.8 Å². The van der Waals surface area contributed by atoms with Crippen LogP contribution in [0.2, 0.25) is 0 Å². The average Bonchev–Trinajstić information content (AvgIpc) is 2.67. The van der Waals surface area contributed by atoms with E-state index in [1.54, 1.807) is 22.9 Å². The molecule has 0 radical (unpaired) electrons. The van der Waals surface area contributed by atoms with Gasteiger partial charge in [0.25, 0.3) is 5.69 Å². The molecule has 0 spiro atoms. The molecule has 1 unspecified atom stereocenters. The van der Waals surface area contributed by atoms with Crippen molar-refractivity contribution in [3.8, 4) is 0 Å². The van der Waals surface area contributed by atoms with Crippen molar-refractivity contribution in [2.45, 2.75) is 19.9 Å². The van der Waals surface area contributed by atoms with E-state index in [9.17, 15) is 10.1 Å². The lowest BCUT2D eigenvalue weighted by molar-refractivity contribution is -0.385. The number of benzene rings is 1. The maximum Gasteiger partial charge on any atom is 0.274 e. The van der Waals surface area contributed by atoms with E-state index in [-0.39, 0.29) is 16.7 Å². The summed E-state index contributed by atoms with van der Waals surface area (Å²) in [5.74, 6) is 0. The Labute approximate surface area is 111 Å². The number of aromatic nitrogens is 2. The fourth-order valence-electron chi connectivity index (χ4n) is 2.07. The summed E-state index contributed by atoms with van der Waals surface area (Å²) < 4.78 is 1.71. The molecule has 0 saturated carbocycles. The number of aryl methyl sites for hydroxylation is 2. The highest BCUT2D eigenvalue weighted by Crippen LogP contribution is 2.28. The molecule has 1 N–H and O–H groups in total. The first-order valence-electron chi connectivity index (χ1n) is 5.99. The molecule has 0 amide bonds. The van der Waals surface area contributed by atoms with E-state index in [2.05, 4.69) is 10.4 Å². The Morgan fingerprint density at radius 2 is 2.11 bits per heavy atom. The van der Waals surface area contributed by atoms with Gasteiger partial charge < -0.3 is 5.32 Å². The quantitative estimate of drug-likeness (QED) is 0.677. The summed E-state index contributed by atoms with van der Waals surface area (Å²) in [6.45, 7) is 3.79. The normalized spacial score (nSPS) is 12.2. The van der Waals surface area contributed by atoms with Crippen LogP contribution in [-0.2, 0) is 7.05 Å². The molecule has 0 saturated heterocycles. The second-order valence-corrected chi connectivity index (χ2v) is 4.48. The van der Waals surface area contributed by atoms with Crippen molar-refractivity contribution in [2.75, 3.05) is 5.32 Å². The fourth-order valence-corrected chi connectivity index (χ4v) is 2.07. The predicted molar refractivity (Wildman–Crippen MR) is 73.1 cm³/mol. The Morgan fingerprint density at radius 1 is 1.42 bits per heavy atom. The van der Waals surface area contributed by atoms with Crippen LogP contribution in [-0.4, -0.2) is 14.7 Å². The number of rotatable bonds is 4. The topological polar surface area (TPSA) is 73.0 Å². The van der Waals surface area contributed by atoms with E-state index < -0.39 is 0 Å². The number of anilines is 1. The molecule has 0 aliphatic carbocycles. The molecule has 6 heteroatoms. The second kappa shape index (κ2) is 5.09. The summed E-state index contributed by atoms with van der Waals surface area (Å²) in [6.07, 6.45) is 1.86. The van der Waals surface area contributed by atoms with Crippen molar-refractivity contribution in [3.63, 3.8) is 0 Å². The van der Waals surface area contributed by atoms with Crippen LogP contribution in [0.25, 0.3) is 0 Å². The molecule has 19 heavy (non-hydrogen) atoms. The smallest absolute Gasteiger partial charge is 0.274 e. The third kappa shape index (κ3) is 2.73. The number of nitrogens with one attached hydrogen (secondary N) is 1. The Balaban J connectivity index is 2.27. The summed E-state index contributed by atoms with van der Waals surface area (Å²) in [5.41, 5.74) is 2.54. The van der Waals surface area contributed by atoms with Gasteiger partial charge in [0, 0.05) is 19.3 Å². The molecule has 1 heterocycles. The van der Waals surface area contributed by atoms with Gasteiger partial charge in [0.1, 0.15) is 0 Å². The first-order chi connectivity index (χ1) is 8.99. The van der Waals surface area contributed by atoms with Gasteiger partial charge in [-0.25, -0.2) is 0 Å². The average molecular weight is 260 g/mol. The van der Waals surface area contributed by atoms with Crippen LogP contribution in [0.5, 0.6) is 0 Å². The molecule has 100 valence electrons. The van der Waals surface area contributed by atoms with Crippen molar-refractivity contribution in [2.24, 2.45) is 7.05 Å². The van der Waals surface area contributed by atoms with Gasteiger partial charge >= 0.3 is 0 Å². The minimum absolute atomic E-state index is 0.129. The van der Waals surface area contributed by atoms with Crippen LogP contribution in [0.15, 0.2) is 30.5 Å². The predicted octanol–water partition coefficient (Wildman–Crippen LogP) is 2.81. The van der Waals surface area contributed by atoms with Crippen LogP contribution in [0, 0.1) is 17.0 Å². The van der Waals surface area contributed by atoms with Crippen LogP contribution in [0.1, 0.15) is 24.2 Å². The molecule has 2 rings (SSSR count). The fraction of sp³-hybridized carbons (Fsp3) is 0.308. The molecule has 1 aromatic heterocycles. The van der Waals surface area contributed by atoms with E-state index in [1.807, 2.05) is 27.1 Å². The SMILES string of the molecule is Cc1nn(C)cc1NC(C)c1ccccc1[N+](=O)[O-].